The monoisotopic (exact) mass is 343 g/mol. The van der Waals surface area contributed by atoms with Gasteiger partial charge in [-0.15, -0.1) is 0 Å². The van der Waals surface area contributed by atoms with Gasteiger partial charge < -0.3 is 15.5 Å². The average molecular weight is 343 g/mol. The van der Waals surface area contributed by atoms with Crippen molar-refractivity contribution in [1.82, 2.24) is 15.2 Å². The molecule has 0 radical (unpaired) electrons. The Morgan fingerprint density at radius 3 is 2.72 bits per heavy atom. The number of anilines is 2. The molecule has 6 heteroatoms. The molecule has 1 aromatic rings. The minimum atomic E-state index is -0.106. The van der Waals surface area contributed by atoms with Crippen molar-refractivity contribution in [2.45, 2.75) is 56.5 Å². The maximum absolute atomic E-state index is 12.4. The zero-order valence-electron chi connectivity index (χ0n) is 15.1. The summed E-state index contributed by atoms with van der Waals surface area (Å²) in [4.78, 5) is 21.6. The molecule has 2 saturated heterocycles. The van der Waals surface area contributed by atoms with Gasteiger partial charge in [-0.25, -0.2) is 9.78 Å². The molecule has 1 aliphatic carbocycles. The lowest BCUT2D eigenvalue weighted by Crippen LogP contribution is -2.47. The smallest absolute Gasteiger partial charge is 0.319 e. The molecular formula is C19H29N5O. The number of likely N-dealkylation sites (N-methyl/N-ethyl adjacent to an activating group) is 1. The van der Waals surface area contributed by atoms with E-state index >= 15 is 0 Å². The summed E-state index contributed by atoms with van der Waals surface area (Å²) in [6.07, 6.45) is 10.5. The van der Waals surface area contributed by atoms with E-state index in [2.05, 4.69) is 32.5 Å². The topological polar surface area (TPSA) is 60.5 Å². The first-order chi connectivity index (χ1) is 12.1. The fourth-order valence-electron chi connectivity index (χ4n) is 4.62. The Hall–Kier alpha value is -1.82. The van der Waals surface area contributed by atoms with Crippen LogP contribution in [0.5, 0.6) is 0 Å². The zero-order valence-corrected chi connectivity index (χ0v) is 15.1. The molecule has 3 heterocycles. The summed E-state index contributed by atoms with van der Waals surface area (Å²) in [5, 5.41) is 6.15. The van der Waals surface area contributed by atoms with Crippen LogP contribution in [0.15, 0.2) is 18.3 Å². The van der Waals surface area contributed by atoms with Gasteiger partial charge in [0, 0.05) is 49.2 Å². The summed E-state index contributed by atoms with van der Waals surface area (Å²) >= 11 is 0. The van der Waals surface area contributed by atoms with E-state index in [4.69, 9.17) is 0 Å². The van der Waals surface area contributed by atoms with Crippen molar-refractivity contribution in [3.05, 3.63) is 18.3 Å². The van der Waals surface area contributed by atoms with Crippen molar-refractivity contribution in [2.24, 2.45) is 0 Å². The number of hydrogen-bond donors (Lipinski definition) is 2. The number of aromatic nitrogens is 1. The number of rotatable bonds is 3. The number of carbonyl (C=O) groups excluding carboxylic acids is 1. The fraction of sp³-hybridized carbons (Fsp3) is 0.684. The second kappa shape index (κ2) is 6.83. The molecule has 2 amide bonds. The Morgan fingerprint density at radius 2 is 2.04 bits per heavy atom. The van der Waals surface area contributed by atoms with Crippen LogP contribution in [0.2, 0.25) is 0 Å². The number of urea groups is 1. The normalized spacial score (nSPS) is 25.6. The summed E-state index contributed by atoms with van der Waals surface area (Å²) in [6.45, 7) is 3.06. The van der Waals surface area contributed by atoms with Crippen molar-refractivity contribution in [3.8, 4) is 0 Å². The molecule has 2 aliphatic heterocycles. The first-order valence-corrected chi connectivity index (χ1v) is 9.64. The third kappa shape index (κ3) is 3.45. The van der Waals surface area contributed by atoms with Crippen LogP contribution in [0.3, 0.4) is 0 Å². The van der Waals surface area contributed by atoms with Crippen LogP contribution in [0, 0.1) is 0 Å². The van der Waals surface area contributed by atoms with Gasteiger partial charge in [0.25, 0.3) is 0 Å². The van der Waals surface area contributed by atoms with E-state index in [1.807, 2.05) is 12.1 Å². The van der Waals surface area contributed by atoms with Crippen LogP contribution >= 0.6 is 0 Å². The van der Waals surface area contributed by atoms with Crippen LogP contribution in [-0.4, -0.2) is 54.2 Å². The van der Waals surface area contributed by atoms with E-state index in [9.17, 15) is 4.79 Å². The predicted octanol–water partition coefficient (Wildman–Crippen LogP) is 2.82. The highest BCUT2D eigenvalue weighted by Crippen LogP contribution is 2.44. The molecule has 0 aromatic carbocycles. The second-order valence-electron chi connectivity index (χ2n) is 7.91. The van der Waals surface area contributed by atoms with E-state index in [1.54, 1.807) is 6.20 Å². The van der Waals surface area contributed by atoms with Crippen LogP contribution in [0.25, 0.3) is 0 Å². The zero-order chi connectivity index (χ0) is 17.3. The number of nitrogens with one attached hydrogen (secondary N) is 2. The number of amides is 2. The van der Waals surface area contributed by atoms with E-state index in [0.717, 1.165) is 37.6 Å². The summed E-state index contributed by atoms with van der Waals surface area (Å²) < 4.78 is 0. The summed E-state index contributed by atoms with van der Waals surface area (Å²) in [5.41, 5.74) is 1.17. The Morgan fingerprint density at radius 1 is 1.24 bits per heavy atom. The van der Waals surface area contributed by atoms with E-state index in [1.165, 1.54) is 38.5 Å². The summed E-state index contributed by atoms with van der Waals surface area (Å²) in [7, 11) is 2.19. The van der Waals surface area contributed by atoms with E-state index in [0.29, 0.717) is 5.54 Å². The minimum Gasteiger partial charge on any atom is -0.357 e. The summed E-state index contributed by atoms with van der Waals surface area (Å²) in [6, 6.07) is 3.99. The lowest BCUT2D eigenvalue weighted by atomic mass is 9.74. The molecule has 0 bridgehead atoms. The van der Waals surface area contributed by atoms with Gasteiger partial charge in [0.05, 0.1) is 0 Å². The molecule has 4 rings (SSSR count). The van der Waals surface area contributed by atoms with Crippen LogP contribution in [-0.2, 0) is 0 Å². The number of pyridine rings is 1. The van der Waals surface area contributed by atoms with Gasteiger partial charge in [-0.3, -0.25) is 4.90 Å². The van der Waals surface area contributed by atoms with Gasteiger partial charge >= 0.3 is 6.03 Å². The molecule has 1 atom stereocenters. The predicted molar refractivity (Wildman–Crippen MR) is 100 cm³/mol. The van der Waals surface area contributed by atoms with Gasteiger partial charge in [-0.2, -0.15) is 0 Å². The minimum absolute atomic E-state index is 0.106. The lowest BCUT2D eigenvalue weighted by molar-refractivity contribution is 0.0801. The van der Waals surface area contributed by atoms with Crippen molar-refractivity contribution in [2.75, 3.05) is 36.9 Å². The largest absolute Gasteiger partial charge is 0.357 e. The molecule has 1 unspecified atom stereocenters. The van der Waals surface area contributed by atoms with Crippen molar-refractivity contribution >= 4 is 17.5 Å². The van der Waals surface area contributed by atoms with Gasteiger partial charge in [0.1, 0.15) is 5.82 Å². The molecule has 1 aromatic heterocycles. The van der Waals surface area contributed by atoms with Gasteiger partial charge in [-0.1, -0.05) is 0 Å². The van der Waals surface area contributed by atoms with Gasteiger partial charge in [0.15, 0.2) is 0 Å². The highest BCUT2D eigenvalue weighted by atomic mass is 16.2. The second-order valence-corrected chi connectivity index (χ2v) is 7.91. The van der Waals surface area contributed by atoms with Crippen molar-refractivity contribution in [3.63, 3.8) is 0 Å². The molecule has 3 aliphatic rings. The first-order valence-electron chi connectivity index (χ1n) is 9.64. The van der Waals surface area contributed by atoms with Crippen molar-refractivity contribution in [1.29, 1.82) is 0 Å². The fourth-order valence-corrected chi connectivity index (χ4v) is 4.62. The lowest BCUT2D eigenvalue weighted by Gasteiger charge is -2.44. The number of piperidine rings is 1. The Bertz CT molecular complexity index is 624. The SMILES string of the molecule is CN1CC(NC(=O)Nc2ccnc(N3CCCCC3)c2)CC12CCC2. The van der Waals surface area contributed by atoms with Gasteiger partial charge in [0.2, 0.25) is 0 Å². The Labute approximate surface area is 150 Å². The molecule has 25 heavy (non-hydrogen) atoms. The Kier molecular flexibility index (Phi) is 4.54. The molecule has 6 nitrogen and oxygen atoms in total. The van der Waals surface area contributed by atoms with E-state index < -0.39 is 0 Å². The molecule has 1 saturated carbocycles. The maximum atomic E-state index is 12.4. The maximum Gasteiger partial charge on any atom is 0.319 e. The van der Waals surface area contributed by atoms with Crippen molar-refractivity contribution < 1.29 is 4.79 Å². The molecule has 1 spiro atoms. The highest BCUT2D eigenvalue weighted by molar-refractivity contribution is 5.89. The van der Waals surface area contributed by atoms with E-state index in [-0.39, 0.29) is 12.1 Å². The number of likely N-dealkylation sites (tertiary alicyclic amines) is 1. The molecular weight excluding hydrogens is 314 g/mol. The number of nitrogens with zero attached hydrogens (tertiary/aromatic N) is 3. The number of hydrogen-bond acceptors (Lipinski definition) is 4. The molecule has 136 valence electrons. The summed E-state index contributed by atoms with van der Waals surface area (Å²) in [5.74, 6) is 0.964. The van der Waals surface area contributed by atoms with Crippen LogP contribution in [0.4, 0.5) is 16.3 Å². The Balaban J connectivity index is 1.33. The molecule has 2 N–H and O–H groups in total. The average Bonchev–Trinajstić information content (AvgIpc) is 2.92. The van der Waals surface area contributed by atoms with Crippen LogP contribution < -0.4 is 15.5 Å². The molecule has 3 fully saturated rings. The van der Waals surface area contributed by atoms with Crippen LogP contribution in [0.1, 0.15) is 44.9 Å². The number of carbonyl (C=O) groups is 1. The quantitative estimate of drug-likeness (QED) is 0.886. The standard InChI is InChI=1S/C19H29N5O/c1-23-14-16(13-19(23)7-5-8-19)22-18(25)21-15-6-9-20-17(12-15)24-10-3-2-4-11-24/h6,9,12,16H,2-5,7-8,10-11,13-14H2,1H3,(H2,20,21,22,25). The third-order valence-electron chi connectivity index (χ3n) is 6.23. The highest BCUT2D eigenvalue weighted by Gasteiger charge is 2.47. The first kappa shape index (κ1) is 16.6. The third-order valence-corrected chi connectivity index (χ3v) is 6.23. The van der Waals surface area contributed by atoms with Gasteiger partial charge in [-0.05, 0) is 58.1 Å².